The topological polar surface area (TPSA) is 70.7 Å². The molecular formula is C19H19NO5. The highest BCUT2D eigenvalue weighted by Crippen LogP contribution is 2.29. The van der Waals surface area contributed by atoms with E-state index in [2.05, 4.69) is 0 Å². The van der Waals surface area contributed by atoms with Gasteiger partial charge in [0.1, 0.15) is 0 Å². The van der Waals surface area contributed by atoms with Gasteiger partial charge < -0.3 is 13.9 Å². The molecule has 0 saturated carbocycles. The molecule has 25 heavy (non-hydrogen) atoms. The summed E-state index contributed by atoms with van der Waals surface area (Å²) < 4.78 is 17.3. The van der Waals surface area contributed by atoms with Crippen LogP contribution in [0.5, 0.6) is 11.5 Å². The molecule has 0 fully saturated rings. The summed E-state index contributed by atoms with van der Waals surface area (Å²) in [6, 6.07) is 12.3. The molecule has 0 aliphatic rings. The molecule has 130 valence electrons. The number of hydrogen-bond donors (Lipinski definition) is 0. The Morgan fingerprint density at radius 3 is 2.56 bits per heavy atom. The Balaban J connectivity index is 2.05. The number of rotatable bonds is 5. The Kier molecular flexibility index (Phi) is 4.61. The maximum absolute atomic E-state index is 12.2. The van der Waals surface area contributed by atoms with Crippen molar-refractivity contribution in [1.29, 1.82) is 0 Å². The van der Waals surface area contributed by atoms with E-state index >= 15 is 0 Å². The van der Waals surface area contributed by atoms with Crippen LogP contribution in [0.15, 0.2) is 56.5 Å². The molecule has 0 atom stereocenters. The van der Waals surface area contributed by atoms with Gasteiger partial charge in [0.15, 0.2) is 11.5 Å². The number of para-hydroxylation sites is 1. The SMILES string of the molecule is COc1cc(Cn2c(=O)oc(=O)c3ccccc32)ccc1OC(C)C. The lowest BCUT2D eigenvalue weighted by Crippen LogP contribution is -2.25. The van der Waals surface area contributed by atoms with E-state index in [1.54, 1.807) is 37.4 Å². The summed E-state index contributed by atoms with van der Waals surface area (Å²) in [5, 5.41) is 0.369. The van der Waals surface area contributed by atoms with Crippen LogP contribution in [0.2, 0.25) is 0 Å². The van der Waals surface area contributed by atoms with E-state index in [0.29, 0.717) is 22.4 Å². The van der Waals surface area contributed by atoms with Crippen LogP contribution in [0.3, 0.4) is 0 Å². The van der Waals surface area contributed by atoms with Gasteiger partial charge in [-0.1, -0.05) is 18.2 Å². The molecule has 0 saturated heterocycles. The normalized spacial score (nSPS) is 11.0. The maximum Gasteiger partial charge on any atom is 0.422 e. The first-order valence-corrected chi connectivity index (χ1v) is 7.96. The summed E-state index contributed by atoms with van der Waals surface area (Å²) in [5.41, 5.74) is 0.731. The van der Waals surface area contributed by atoms with Crippen molar-refractivity contribution in [1.82, 2.24) is 4.57 Å². The van der Waals surface area contributed by atoms with Crippen LogP contribution < -0.4 is 20.9 Å². The summed E-state index contributed by atoms with van der Waals surface area (Å²) >= 11 is 0. The minimum atomic E-state index is -0.690. The van der Waals surface area contributed by atoms with Crippen molar-refractivity contribution in [3.05, 3.63) is 69.0 Å². The van der Waals surface area contributed by atoms with Gasteiger partial charge in [0.2, 0.25) is 0 Å². The number of hydrogen-bond acceptors (Lipinski definition) is 5. The molecular weight excluding hydrogens is 322 g/mol. The molecule has 0 aliphatic heterocycles. The van der Waals surface area contributed by atoms with Gasteiger partial charge in [-0.05, 0) is 43.7 Å². The molecule has 0 amide bonds. The van der Waals surface area contributed by atoms with Gasteiger partial charge in [-0.3, -0.25) is 4.57 Å². The van der Waals surface area contributed by atoms with Gasteiger partial charge in [-0.15, -0.1) is 0 Å². The van der Waals surface area contributed by atoms with Gasteiger partial charge in [0.05, 0.1) is 30.7 Å². The van der Waals surface area contributed by atoms with Crippen LogP contribution in [0, 0.1) is 0 Å². The van der Waals surface area contributed by atoms with Crippen LogP contribution in [0.1, 0.15) is 19.4 Å². The average Bonchev–Trinajstić information content (AvgIpc) is 2.59. The van der Waals surface area contributed by atoms with Crippen molar-refractivity contribution in [2.75, 3.05) is 7.11 Å². The Hall–Kier alpha value is -3.02. The predicted molar refractivity (Wildman–Crippen MR) is 94.6 cm³/mol. The lowest BCUT2D eigenvalue weighted by Gasteiger charge is -2.15. The third kappa shape index (κ3) is 3.42. The van der Waals surface area contributed by atoms with E-state index in [-0.39, 0.29) is 12.6 Å². The van der Waals surface area contributed by atoms with Crippen molar-refractivity contribution in [2.24, 2.45) is 0 Å². The first kappa shape index (κ1) is 16.8. The lowest BCUT2D eigenvalue weighted by atomic mass is 10.2. The third-order valence-electron chi connectivity index (χ3n) is 3.75. The van der Waals surface area contributed by atoms with E-state index in [1.807, 2.05) is 26.0 Å². The summed E-state index contributed by atoms with van der Waals surface area (Å²) in [7, 11) is 1.56. The van der Waals surface area contributed by atoms with Crippen LogP contribution in [-0.4, -0.2) is 17.8 Å². The molecule has 3 aromatic rings. The number of fused-ring (bicyclic) bond motifs is 1. The Bertz CT molecular complexity index is 1020. The monoisotopic (exact) mass is 341 g/mol. The van der Waals surface area contributed by atoms with E-state index in [4.69, 9.17) is 13.9 Å². The van der Waals surface area contributed by atoms with E-state index in [0.717, 1.165) is 5.56 Å². The van der Waals surface area contributed by atoms with E-state index in [9.17, 15) is 9.59 Å². The molecule has 0 N–H and O–H groups in total. The zero-order valence-electron chi connectivity index (χ0n) is 14.3. The number of methoxy groups -OCH3 is 1. The Morgan fingerprint density at radius 2 is 1.84 bits per heavy atom. The molecule has 6 nitrogen and oxygen atoms in total. The van der Waals surface area contributed by atoms with Crippen LogP contribution >= 0.6 is 0 Å². The highest BCUT2D eigenvalue weighted by Gasteiger charge is 2.12. The molecule has 0 bridgehead atoms. The van der Waals surface area contributed by atoms with Gasteiger partial charge in [0, 0.05) is 0 Å². The predicted octanol–water partition coefficient (Wildman–Crippen LogP) is 2.80. The minimum absolute atomic E-state index is 0.0229. The molecule has 1 heterocycles. The van der Waals surface area contributed by atoms with Gasteiger partial charge in [0.25, 0.3) is 0 Å². The molecule has 3 rings (SSSR count). The second kappa shape index (κ2) is 6.84. The second-order valence-corrected chi connectivity index (χ2v) is 5.91. The van der Waals surface area contributed by atoms with Crippen molar-refractivity contribution in [3.8, 4) is 11.5 Å². The largest absolute Gasteiger partial charge is 0.493 e. The zero-order valence-corrected chi connectivity index (χ0v) is 14.3. The summed E-state index contributed by atoms with van der Waals surface area (Å²) in [6.45, 7) is 4.12. The van der Waals surface area contributed by atoms with Gasteiger partial charge >= 0.3 is 11.4 Å². The van der Waals surface area contributed by atoms with Gasteiger partial charge in [-0.2, -0.15) is 0 Å². The molecule has 0 aliphatic carbocycles. The molecule has 2 aromatic carbocycles. The highest BCUT2D eigenvalue weighted by atomic mass is 16.5. The number of benzene rings is 2. The summed E-state index contributed by atoms with van der Waals surface area (Å²) in [6.07, 6.45) is 0.0229. The fourth-order valence-electron chi connectivity index (χ4n) is 2.66. The highest BCUT2D eigenvalue weighted by molar-refractivity contribution is 5.77. The quantitative estimate of drug-likeness (QED) is 0.714. The summed E-state index contributed by atoms with van der Waals surface area (Å²) in [4.78, 5) is 24.0. The smallest absolute Gasteiger partial charge is 0.422 e. The Labute approximate surface area is 144 Å². The van der Waals surface area contributed by atoms with Crippen molar-refractivity contribution < 1.29 is 13.9 Å². The van der Waals surface area contributed by atoms with Crippen molar-refractivity contribution >= 4 is 10.9 Å². The van der Waals surface area contributed by atoms with Gasteiger partial charge in [-0.25, -0.2) is 9.59 Å². The first-order chi connectivity index (χ1) is 12.0. The Morgan fingerprint density at radius 1 is 1.08 bits per heavy atom. The molecule has 0 radical (unpaired) electrons. The molecule has 0 unspecified atom stereocenters. The van der Waals surface area contributed by atoms with E-state index < -0.39 is 11.4 Å². The molecule has 0 spiro atoms. The minimum Gasteiger partial charge on any atom is -0.493 e. The fourth-order valence-corrected chi connectivity index (χ4v) is 2.66. The average molecular weight is 341 g/mol. The number of ether oxygens (including phenoxy) is 2. The van der Waals surface area contributed by atoms with Crippen molar-refractivity contribution in [2.45, 2.75) is 26.5 Å². The third-order valence-corrected chi connectivity index (χ3v) is 3.75. The number of nitrogens with zero attached hydrogens (tertiary/aromatic N) is 1. The lowest BCUT2D eigenvalue weighted by molar-refractivity contribution is 0.230. The van der Waals surface area contributed by atoms with Crippen LogP contribution in [-0.2, 0) is 6.54 Å². The van der Waals surface area contributed by atoms with E-state index in [1.165, 1.54) is 4.57 Å². The van der Waals surface area contributed by atoms with Crippen LogP contribution in [0.4, 0.5) is 0 Å². The zero-order chi connectivity index (χ0) is 18.0. The first-order valence-electron chi connectivity index (χ1n) is 7.96. The van der Waals surface area contributed by atoms with Crippen LogP contribution in [0.25, 0.3) is 10.9 Å². The molecule has 6 heteroatoms. The fraction of sp³-hybridized carbons (Fsp3) is 0.263. The maximum atomic E-state index is 12.2. The van der Waals surface area contributed by atoms with Crippen molar-refractivity contribution in [3.63, 3.8) is 0 Å². The molecule has 1 aromatic heterocycles. The second-order valence-electron chi connectivity index (χ2n) is 5.91. The summed E-state index contributed by atoms with van der Waals surface area (Å²) in [5.74, 6) is 0.532. The number of aromatic nitrogens is 1. The standard InChI is InChI=1S/C19H19NO5/c1-12(2)24-16-9-8-13(10-17(16)23-3)11-20-15-7-5-4-6-14(15)18(21)25-19(20)22/h4-10,12H,11H2,1-3H3.